The van der Waals surface area contributed by atoms with Crippen LogP contribution >= 0.6 is 0 Å². The van der Waals surface area contributed by atoms with Crippen LogP contribution in [0.3, 0.4) is 0 Å². The van der Waals surface area contributed by atoms with Crippen molar-refractivity contribution in [1.82, 2.24) is 20.3 Å². The summed E-state index contributed by atoms with van der Waals surface area (Å²) in [6.07, 6.45) is 1.80. The van der Waals surface area contributed by atoms with Crippen LogP contribution in [0.15, 0.2) is 72.8 Å². The van der Waals surface area contributed by atoms with E-state index in [0.29, 0.717) is 41.4 Å². The molecule has 0 bridgehead atoms. The van der Waals surface area contributed by atoms with Crippen LogP contribution < -0.4 is 19.7 Å². The Morgan fingerprint density at radius 1 is 1.03 bits per heavy atom. The number of nitrogens with one attached hydrogen (secondary N) is 1. The van der Waals surface area contributed by atoms with Crippen LogP contribution in [0.4, 0.5) is 5.69 Å². The van der Waals surface area contributed by atoms with Gasteiger partial charge in [0.05, 0.1) is 25.8 Å². The van der Waals surface area contributed by atoms with Gasteiger partial charge in [-0.15, -0.1) is 5.10 Å². The van der Waals surface area contributed by atoms with E-state index in [4.69, 9.17) is 14.2 Å². The van der Waals surface area contributed by atoms with Crippen molar-refractivity contribution in [2.45, 2.75) is 31.5 Å². The van der Waals surface area contributed by atoms with E-state index in [9.17, 15) is 9.59 Å². The van der Waals surface area contributed by atoms with E-state index in [1.807, 2.05) is 24.3 Å². The molecule has 0 unspecified atom stereocenters. The standard InChI is InChI=1S/C29H31N5O5/c1-37-22-13-9-20(10-14-22)28(29(36)30-18-24-6-5-17-39-24)34(21-11-15-23(38-2)16-12-21)27(35)19-33-26-8-4-3-7-25(26)31-32-33/h3-4,7-16,24,28H,5-6,17-19H2,1-2H3,(H,30,36)/t24-,28-/m0/s1. The molecule has 39 heavy (non-hydrogen) atoms. The molecule has 2 amide bonds. The zero-order chi connectivity index (χ0) is 27.2. The van der Waals surface area contributed by atoms with Crippen molar-refractivity contribution in [2.24, 2.45) is 0 Å². The van der Waals surface area contributed by atoms with Gasteiger partial charge in [-0.2, -0.15) is 0 Å². The molecule has 0 spiro atoms. The number of amides is 2. The van der Waals surface area contributed by atoms with Gasteiger partial charge in [0, 0.05) is 18.8 Å². The van der Waals surface area contributed by atoms with Gasteiger partial charge in [-0.05, 0) is 66.9 Å². The highest BCUT2D eigenvalue weighted by Crippen LogP contribution is 2.31. The fourth-order valence-corrected chi connectivity index (χ4v) is 4.74. The van der Waals surface area contributed by atoms with Gasteiger partial charge in [0.2, 0.25) is 11.8 Å². The molecule has 4 aromatic rings. The second-order valence-electron chi connectivity index (χ2n) is 9.25. The molecule has 3 aromatic carbocycles. The summed E-state index contributed by atoms with van der Waals surface area (Å²) in [6.45, 7) is 0.937. The van der Waals surface area contributed by atoms with E-state index in [-0.39, 0.29) is 24.5 Å². The second-order valence-corrected chi connectivity index (χ2v) is 9.25. The molecule has 10 nitrogen and oxygen atoms in total. The van der Waals surface area contributed by atoms with Crippen LogP contribution in [-0.4, -0.2) is 60.3 Å². The first-order chi connectivity index (χ1) is 19.1. The number of hydrogen-bond donors (Lipinski definition) is 1. The van der Waals surface area contributed by atoms with Crippen molar-refractivity contribution in [3.05, 3.63) is 78.4 Å². The summed E-state index contributed by atoms with van der Waals surface area (Å²) in [4.78, 5) is 29.5. The number of methoxy groups -OCH3 is 2. The minimum Gasteiger partial charge on any atom is -0.497 e. The predicted molar refractivity (Wildman–Crippen MR) is 146 cm³/mol. The molecule has 202 valence electrons. The lowest BCUT2D eigenvalue weighted by Gasteiger charge is -2.32. The number of hydrogen-bond acceptors (Lipinski definition) is 7. The number of rotatable bonds is 10. The molecule has 1 aliphatic rings. The summed E-state index contributed by atoms with van der Waals surface area (Å²) in [5.74, 6) is 0.637. The minimum absolute atomic E-state index is 0.0443. The Hall–Kier alpha value is -4.44. The number of benzene rings is 3. The van der Waals surface area contributed by atoms with E-state index < -0.39 is 6.04 Å². The van der Waals surface area contributed by atoms with Crippen LogP contribution in [0.2, 0.25) is 0 Å². The number of aromatic nitrogens is 3. The second kappa shape index (κ2) is 12.0. The Bertz CT molecular complexity index is 1410. The smallest absolute Gasteiger partial charge is 0.249 e. The lowest BCUT2D eigenvalue weighted by molar-refractivity contribution is -0.127. The van der Waals surface area contributed by atoms with E-state index >= 15 is 0 Å². The van der Waals surface area contributed by atoms with E-state index in [2.05, 4.69) is 15.6 Å². The highest BCUT2D eigenvalue weighted by molar-refractivity contribution is 6.01. The number of fused-ring (bicyclic) bond motifs is 1. The topological polar surface area (TPSA) is 108 Å². The molecule has 1 aromatic heterocycles. The number of carbonyl (C=O) groups excluding carboxylic acids is 2. The van der Waals surface area contributed by atoms with Gasteiger partial charge in [-0.25, -0.2) is 4.68 Å². The molecule has 1 fully saturated rings. The average Bonchev–Trinajstić information content (AvgIpc) is 3.65. The SMILES string of the molecule is COc1ccc([C@@H](C(=O)NC[C@@H]2CCCO2)N(C(=O)Cn2nnc3ccccc32)c2ccc(OC)cc2)cc1. The summed E-state index contributed by atoms with van der Waals surface area (Å²) in [5, 5.41) is 11.4. The van der Waals surface area contributed by atoms with Gasteiger partial charge in [0.15, 0.2) is 0 Å². The Balaban J connectivity index is 1.53. The maximum atomic E-state index is 14.1. The van der Waals surface area contributed by atoms with Crippen LogP contribution in [0.25, 0.3) is 11.0 Å². The highest BCUT2D eigenvalue weighted by Gasteiger charge is 2.34. The molecule has 2 atom stereocenters. The third-order valence-corrected chi connectivity index (χ3v) is 6.79. The Labute approximate surface area is 226 Å². The molecule has 5 rings (SSSR count). The molecule has 0 saturated carbocycles. The third kappa shape index (κ3) is 5.85. The number of nitrogens with zero attached hydrogens (tertiary/aromatic N) is 4. The largest absolute Gasteiger partial charge is 0.497 e. The molecule has 1 saturated heterocycles. The van der Waals surface area contributed by atoms with Crippen LogP contribution in [0.5, 0.6) is 11.5 Å². The average molecular weight is 530 g/mol. The Morgan fingerprint density at radius 3 is 2.38 bits per heavy atom. The molecule has 1 N–H and O–H groups in total. The first-order valence-corrected chi connectivity index (χ1v) is 12.8. The number of carbonyl (C=O) groups is 2. The lowest BCUT2D eigenvalue weighted by atomic mass is 10.0. The number of ether oxygens (including phenoxy) is 3. The maximum Gasteiger partial charge on any atom is 0.249 e. The Morgan fingerprint density at radius 2 is 1.72 bits per heavy atom. The van der Waals surface area contributed by atoms with Gasteiger partial charge in [0.1, 0.15) is 29.6 Å². The van der Waals surface area contributed by atoms with Gasteiger partial charge >= 0.3 is 0 Å². The van der Waals surface area contributed by atoms with Crippen LogP contribution in [0, 0.1) is 0 Å². The minimum atomic E-state index is -0.965. The fraction of sp³-hybridized carbons (Fsp3) is 0.310. The molecular formula is C29H31N5O5. The molecule has 2 heterocycles. The number of para-hydroxylation sites is 1. The summed E-state index contributed by atoms with van der Waals surface area (Å²) < 4.78 is 17.9. The molecule has 10 heteroatoms. The maximum absolute atomic E-state index is 14.1. The zero-order valence-electron chi connectivity index (χ0n) is 21.9. The molecule has 0 radical (unpaired) electrons. The first kappa shape index (κ1) is 26.2. The summed E-state index contributed by atoms with van der Waals surface area (Å²) in [5.41, 5.74) is 2.58. The van der Waals surface area contributed by atoms with Crippen molar-refractivity contribution >= 4 is 28.5 Å². The first-order valence-electron chi connectivity index (χ1n) is 12.8. The normalized spacial score (nSPS) is 15.6. The monoisotopic (exact) mass is 529 g/mol. The molecule has 1 aliphatic heterocycles. The summed E-state index contributed by atoms with van der Waals surface area (Å²) >= 11 is 0. The quantitative estimate of drug-likeness (QED) is 0.335. The van der Waals surface area contributed by atoms with Crippen LogP contribution in [-0.2, 0) is 20.9 Å². The van der Waals surface area contributed by atoms with Crippen molar-refractivity contribution in [3.8, 4) is 11.5 Å². The van der Waals surface area contributed by atoms with Crippen LogP contribution in [0.1, 0.15) is 24.4 Å². The van der Waals surface area contributed by atoms with Crippen molar-refractivity contribution < 1.29 is 23.8 Å². The van der Waals surface area contributed by atoms with Gasteiger partial charge in [-0.3, -0.25) is 14.5 Å². The number of anilines is 1. The van der Waals surface area contributed by atoms with Crippen molar-refractivity contribution in [2.75, 3.05) is 32.3 Å². The fourth-order valence-electron chi connectivity index (χ4n) is 4.74. The van der Waals surface area contributed by atoms with Crippen molar-refractivity contribution in [3.63, 3.8) is 0 Å². The van der Waals surface area contributed by atoms with Gasteiger partial charge < -0.3 is 19.5 Å². The van der Waals surface area contributed by atoms with E-state index in [1.54, 1.807) is 67.4 Å². The lowest BCUT2D eigenvalue weighted by Crippen LogP contribution is -2.46. The Kier molecular flexibility index (Phi) is 8.02. The van der Waals surface area contributed by atoms with E-state index in [1.165, 1.54) is 4.90 Å². The van der Waals surface area contributed by atoms with Crippen molar-refractivity contribution in [1.29, 1.82) is 0 Å². The molecule has 0 aliphatic carbocycles. The van der Waals surface area contributed by atoms with Gasteiger partial charge in [0.25, 0.3) is 0 Å². The zero-order valence-corrected chi connectivity index (χ0v) is 21.9. The summed E-state index contributed by atoms with van der Waals surface area (Å²) in [7, 11) is 3.16. The molecular weight excluding hydrogens is 498 g/mol. The predicted octanol–water partition coefficient (Wildman–Crippen LogP) is 3.52. The summed E-state index contributed by atoms with van der Waals surface area (Å²) in [6, 6.07) is 20.7. The van der Waals surface area contributed by atoms with E-state index in [0.717, 1.165) is 18.4 Å². The highest BCUT2D eigenvalue weighted by atomic mass is 16.5. The third-order valence-electron chi connectivity index (χ3n) is 6.79. The van der Waals surface area contributed by atoms with Gasteiger partial charge in [-0.1, -0.05) is 29.5 Å².